The second-order valence-electron chi connectivity index (χ2n) is 3.43. The Morgan fingerprint density at radius 3 is 2.65 bits per heavy atom. The molecule has 0 fully saturated rings. The lowest BCUT2D eigenvalue weighted by Crippen LogP contribution is -2.11. The van der Waals surface area contributed by atoms with Crippen molar-refractivity contribution in [2.75, 3.05) is 0 Å². The number of aromatic nitrogens is 3. The van der Waals surface area contributed by atoms with Crippen LogP contribution in [0.5, 0.6) is 0 Å². The Labute approximate surface area is 92.5 Å². The quantitative estimate of drug-likeness (QED) is 0.831. The molecule has 0 aromatic carbocycles. The van der Waals surface area contributed by atoms with E-state index >= 15 is 0 Å². The van der Waals surface area contributed by atoms with Gasteiger partial charge in [-0.15, -0.1) is 0 Å². The number of halogens is 3. The van der Waals surface area contributed by atoms with Crippen LogP contribution >= 0.6 is 0 Å². The summed E-state index contributed by atoms with van der Waals surface area (Å²) in [6.07, 6.45) is -2.31. The van der Waals surface area contributed by atoms with Gasteiger partial charge in [0.05, 0.1) is 0 Å². The maximum Gasteiger partial charge on any atom is 0.422 e. The summed E-state index contributed by atoms with van der Waals surface area (Å²) in [5, 5.41) is 12.1. The lowest BCUT2D eigenvalue weighted by Gasteiger charge is -2.04. The van der Waals surface area contributed by atoms with E-state index < -0.39 is 29.1 Å². The number of carbonyl (C=O) groups is 1. The summed E-state index contributed by atoms with van der Waals surface area (Å²) < 4.78 is 39.0. The van der Waals surface area contributed by atoms with Crippen molar-refractivity contribution in [2.24, 2.45) is 0 Å². The van der Waals surface area contributed by atoms with E-state index in [1.807, 2.05) is 0 Å². The number of aryl methyl sites for hydroxylation is 1. The number of hydrogen-bond donors (Lipinski definition) is 1. The van der Waals surface area contributed by atoms with Crippen LogP contribution in [0.15, 0.2) is 12.4 Å². The van der Waals surface area contributed by atoms with Crippen LogP contribution < -0.4 is 0 Å². The van der Waals surface area contributed by atoms with Crippen molar-refractivity contribution in [2.45, 2.75) is 13.1 Å². The van der Waals surface area contributed by atoms with Crippen LogP contribution in [0.2, 0.25) is 0 Å². The van der Waals surface area contributed by atoms with E-state index in [4.69, 9.17) is 5.11 Å². The van der Waals surface area contributed by atoms with Crippen molar-refractivity contribution in [1.29, 1.82) is 0 Å². The van der Waals surface area contributed by atoms with Crippen LogP contribution in [0, 0.1) is 6.92 Å². The smallest absolute Gasteiger partial charge is 0.422 e. The van der Waals surface area contributed by atoms with Gasteiger partial charge in [0.1, 0.15) is 5.56 Å². The molecule has 0 atom stereocenters. The highest BCUT2D eigenvalue weighted by molar-refractivity contribution is 5.89. The number of carboxylic acids is 1. The number of fused-ring (bicyclic) bond motifs is 1. The van der Waals surface area contributed by atoms with Gasteiger partial charge in [-0.05, 0) is 12.5 Å². The topological polar surface area (TPSA) is 67.5 Å². The molecule has 2 aromatic heterocycles. The number of carboxylic acid groups (broad SMARTS) is 1. The summed E-state index contributed by atoms with van der Waals surface area (Å²) in [7, 11) is 0. The third-order valence-corrected chi connectivity index (χ3v) is 2.09. The lowest BCUT2D eigenvalue weighted by atomic mass is 10.2. The molecule has 8 heteroatoms. The Kier molecular flexibility index (Phi) is 2.30. The van der Waals surface area contributed by atoms with Crippen molar-refractivity contribution in [3.05, 3.63) is 29.2 Å². The first-order chi connectivity index (χ1) is 7.80. The third-order valence-electron chi connectivity index (χ3n) is 2.09. The highest BCUT2D eigenvalue weighted by Gasteiger charge is 2.41. The molecule has 0 saturated carbocycles. The summed E-state index contributed by atoms with van der Waals surface area (Å²) in [6.45, 7) is 1.61. The van der Waals surface area contributed by atoms with E-state index in [0.29, 0.717) is 5.56 Å². The van der Waals surface area contributed by atoms with Crippen molar-refractivity contribution in [3.63, 3.8) is 0 Å². The fourth-order valence-electron chi connectivity index (χ4n) is 1.44. The fraction of sp³-hybridized carbons (Fsp3) is 0.222. The minimum Gasteiger partial charge on any atom is -0.476 e. The highest BCUT2D eigenvalue weighted by atomic mass is 19.4. The normalized spacial score (nSPS) is 12.0. The summed E-state index contributed by atoms with van der Waals surface area (Å²) in [6, 6.07) is 0. The zero-order valence-corrected chi connectivity index (χ0v) is 8.49. The zero-order valence-electron chi connectivity index (χ0n) is 8.49. The third kappa shape index (κ3) is 1.81. The standard InChI is InChI=1S/C9H6F3N3O2/c1-4-2-13-7-5(9(10,11)12)6(8(16)17)14-15(7)3-4/h2-3H,1H3,(H,16,17). The fourth-order valence-corrected chi connectivity index (χ4v) is 1.44. The Balaban J connectivity index is 2.86. The highest BCUT2D eigenvalue weighted by Crippen LogP contribution is 2.34. The first-order valence-electron chi connectivity index (χ1n) is 4.46. The van der Waals surface area contributed by atoms with Crippen LogP contribution in [0.1, 0.15) is 21.6 Å². The van der Waals surface area contributed by atoms with Gasteiger partial charge in [0.25, 0.3) is 0 Å². The van der Waals surface area contributed by atoms with Gasteiger partial charge in [-0.3, -0.25) is 0 Å². The monoisotopic (exact) mass is 245 g/mol. The lowest BCUT2D eigenvalue weighted by molar-refractivity contribution is -0.137. The molecule has 2 aromatic rings. The number of nitrogens with zero attached hydrogens (tertiary/aromatic N) is 3. The van der Waals surface area contributed by atoms with Gasteiger partial charge in [-0.25, -0.2) is 14.3 Å². The SMILES string of the molecule is Cc1cnc2c(C(F)(F)F)c(C(=O)O)nn2c1. The van der Waals surface area contributed by atoms with Crippen LogP contribution in [-0.2, 0) is 6.18 Å². The number of rotatable bonds is 1. The first-order valence-corrected chi connectivity index (χ1v) is 4.46. The molecule has 17 heavy (non-hydrogen) atoms. The number of alkyl halides is 3. The van der Waals surface area contributed by atoms with Gasteiger partial charge in [0, 0.05) is 12.4 Å². The summed E-state index contributed by atoms with van der Waals surface area (Å²) in [5.41, 5.74) is -2.31. The van der Waals surface area contributed by atoms with Crippen molar-refractivity contribution < 1.29 is 23.1 Å². The maximum atomic E-state index is 12.7. The molecule has 0 bridgehead atoms. The molecule has 0 saturated heterocycles. The Hall–Kier alpha value is -2.12. The molecule has 0 radical (unpaired) electrons. The van der Waals surface area contributed by atoms with Crippen molar-refractivity contribution in [3.8, 4) is 0 Å². The summed E-state index contributed by atoms with van der Waals surface area (Å²) >= 11 is 0. The minimum atomic E-state index is -4.81. The van der Waals surface area contributed by atoms with Gasteiger partial charge in [-0.2, -0.15) is 18.3 Å². The molecular weight excluding hydrogens is 239 g/mol. The van der Waals surface area contributed by atoms with Crippen LogP contribution in [0.3, 0.4) is 0 Å². The molecule has 2 rings (SSSR count). The van der Waals surface area contributed by atoms with E-state index in [9.17, 15) is 18.0 Å². The average Bonchev–Trinajstić information content (AvgIpc) is 2.55. The van der Waals surface area contributed by atoms with Gasteiger partial charge in [-0.1, -0.05) is 0 Å². The Bertz CT molecular complexity index is 603. The summed E-state index contributed by atoms with van der Waals surface area (Å²) in [5.74, 6) is -1.74. The molecule has 0 aliphatic heterocycles. The van der Waals surface area contributed by atoms with Crippen LogP contribution in [-0.4, -0.2) is 25.7 Å². The first kappa shape index (κ1) is 11.4. The van der Waals surface area contributed by atoms with Gasteiger partial charge in [0.15, 0.2) is 11.3 Å². The molecule has 0 spiro atoms. The minimum absolute atomic E-state index is 0.513. The second kappa shape index (κ2) is 3.44. The average molecular weight is 245 g/mol. The van der Waals surface area contributed by atoms with E-state index in [-0.39, 0.29) is 0 Å². The van der Waals surface area contributed by atoms with Gasteiger partial charge < -0.3 is 5.11 Å². The molecule has 0 aliphatic carbocycles. The number of aromatic carboxylic acids is 1. The van der Waals surface area contributed by atoms with E-state index in [0.717, 1.165) is 4.52 Å². The van der Waals surface area contributed by atoms with E-state index in [2.05, 4.69) is 10.1 Å². The van der Waals surface area contributed by atoms with E-state index in [1.165, 1.54) is 12.4 Å². The second-order valence-corrected chi connectivity index (χ2v) is 3.43. The van der Waals surface area contributed by atoms with Gasteiger partial charge >= 0.3 is 12.1 Å². The molecule has 1 N–H and O–H groups in total. The van der Waals surface area contributed by atoms with Crippen LogP contribution in [0.25, 0.3) is 5.65 Å². The largest absolute Gasteiger partial charge is 0.476 e. The molecule has 5 nitrogen and oxygen atoms in total. The number of hydrogen-bond acceptors (Lipinski definition) is 3. The molecule has 2 heterocycles. The molecule has 0 aliphatic rings. The van der Waals surface area contributed by atoms with Crippen molar-refractivity contribution in [1.82, 2.24) is 14.6 Å². The maximum absolute atomic E-state index is 12.7. The Morgan fingerprint density at radius 2 is 2.12 bits per heavy atom. The van der Waals surface area contributed by atoms with Crippen molar-refractivity contribution >= 4 is 11.6 Å². The van der Waals surface area contributed by atoms with Gasteiger partial charge in [0.2, 0.25) is 0 Å². The molecule has 0 amide bonds. The van der Waals surface area contributed by atoms with Crippen LogP contribution in [0.4, 0.5) is 13.2 Å². The molecular formula is C9H6F3N3O2. The molecule has 90 valence electrons. The summed E-state index contributed by atoms with van der Waals surface area (Å²) in [4.78, 5) is 14.3. The zero-order chi connectivity index (χ0) is 12.8. The predicted molar refractivity (Wildman–Crippen MR) is 49.7 cm³/mol. The van der Waals surface area contributed by atoms with E-state index in [1.54, 1.807) is 6.92 Å². The molecule has 0 unspecified atom stereocenters. The Morgan fingerprint density at radius 1 is 1.47 bits per heavy atom. The predicted octanol–water partition coefficient (Wildman–Crippen LogP) is 1.75.